The van der Waals surface area contributed by atoms with Gasteiger partial charge in [0.25, 0.3) is 10.1 Å². The smallest absolute Gasteiger partial charge is 0.268 e. The lowest BCUT2D eigenvalue weighted by atomic mass is 9.95. The number of unbranched alkanes of at least 4 members (excludes halogenated alkanes) is 6. The highest BCUT2D eigenvalue weighted by molar-refractivity contribution is 7.85. The van der Waals surface area contributed by atoms with Crippen molar-refractivity contribution in [2.45, 2.75) is 91.1 Å². The molecule has 0 aliphatic heterocycles. The van der Waals surface area contributed by atoms with Gasteiger partial charge in [0.2, 0.25) is 0 Å². The van der Waals surface area contributed by atoms with Crippen LogP contribution >= 0.6 is 0 Å². The summed E-state index contributed by atoms with van der Waals surface area (Å²) in [4.78, 5) is 0. The summed E-state index contributed by atoms with van der Waals surface area (Å²) in [5.74, 6) is 0.383. The molecule has 1 aromatic carbocycles. The van der Waals surface area contributed by atoms with Crippen molar-refractivity contribution in [2.24, 2.45) is 0 Å². The average molecular weight is 385 g/mol. The second-order valence-corrected chi connectivity index (χ2v) is 8.69. The van der Waals surface area contributed by atoms with E-state index in [4.69, 9.17) is 9.29 Å². The second-order valence-electron chi connectivity index (χ2n) is 7.19. The van der Waals surface area contributed by atoms with Crippen LogP contribution in [0.1, 0.15) is 83.3 Å². The highest BCUT2D eigenvalue weighted by Gasteiger charge is 2.17. The van der Waals surface area contributed by atoms with Gasteiger partial charge < -0.3 is 4.74 Å². The zero-order valence-corrected chi connectivity index (χ0v) is 17.5. The van der Waals surface area contributed by atoms with Gasteiger partial charge in [-0.15, -0.1) is 0 Å². The van der Waals surface area contributed by atoms with E-state index in [9.17, 15) is 8.42 Å². The summed E-state index contributed by atoms with van der Waals surface area (Å²) in [6.07, 6.45) is 11.0. The van der Waals surface area contributed by atoms with Gasteiger partial charge in [-0.1, -0.05) is 64.5 Å². The van der Waals surface area contributed by atoms with Crippen LogP contribution in [-0.4, -0.2) is 24.8 Å². The Labute approximate surface area is 160 Å². The van der Waals surface area contributed by atoms with Crippen molar-refractivity contribution in [3.05, 3.63) is 29.3 Å². The lowest BCUT2D eigenvalue weighted by Crippen LogP contribution is -2.23. The third kappa shape index (κ3) is 9.58. The van der Waals surface area contributed by atoms with Crippen molar-refractivity contribution < 1.29 is 17.7 Å². The molecule has 0 bridgehead atoms. The Morgan fingerprint density at radius 1 is 0.962 bits per heavy atom. The van der Waals surface area contributed by atoms with Gasteiger partial charge in [0.15, 0.2) is 0 Å². The zero-order chi connectivity index (χ0) is 19.4. The first-order chi connectivity index (χ1) is 12.4. The molecular weight excluding hydrogens is 348 g/mol. The van der Waals surface area contributed by atoms with E-state index in [2.05, 4.69) is 19.9 Å². The quantitative estimate of drug-likeness (QED) is 0.335. The molecule has 1 N–H and O–H groups in total. The number of rotatable bonds is 14. The number of hydrogen-bond acceptors (Lipinski definition) is 3. The van der Waals surface area contributed by atoms with Crippen LogP contribution in [0.4, 0.5) is 0 Å². The van der Waals surface area contributed by atoms with Crippen LogP contribution < -0.4 is 4.74 Å². The molecule has 0 aliphatic carbocycles. The van der Waals surface area contributed by atoms with Crippen molar-refractivity contribution in [3.63, 3.8) is 0 Å². The first kappa shape index (κ1) is 23.0. The minimum Gasteiger partial charge on any atom is -0.489 e. The molecule has 4 nitrogen and oxygen atoms in total. The van der Waals surface area contributed by atoms with E-state index in [0.717, 1.165) is 25.0 Å². The second kappa shape index (κ2) is 12.3. The molecule has 0 aliphatic rings. The van der Waals surface area contributed by atoms with Crippen molar-refractivity contribution in [2.75, 3.05) is 5.75 Å². The normalized spacial score (nSPS) is 12.9. The van der Waals surface area contributed by atoms with E-state index >= 15 is 0 Å². The number of hydrogen-bond donors (Lipinski definition) is 1. The van der Waals surface area contributed by atoms with Crippen molar-refractivity contribution in [1.82, 2.24) is 0 Å². The highest BCUT2D eigenvalue weighted by Crippen LogP contribution is 2.27. The maximum atomic E-state index is 11.1. The lowest BCUT2D eigenvalue weighted by molar-refractivity contribution is 0.238. The average Bonchev–Trinajstić information content (AvgIpc) is 2.55. The van der Waals surface area contributed by atoms with Crippen LogP contribution in [0.15, 0.2) is 18.2 Å². The summed E-state index contributed by atoms with van der Waals surface area (Å²) in [7, 11) is -4.04. The van der Waals surface area contributed by atoms with Crippen LogP contribution in [0.25, 0.3) is 0 Å². The van der Waals surface area contributed by atoms with Crippen molar-refractivity contribution in [3.8, 4) is 5.75 Å². The molecule has 1 aromatic rings. The Hall–Kier alpha value is -1.07. The maximum Gasteiger partial charge on any atom is 0.268 e. The van der Waals surface area contributed by atoms with Gasteiger partial charge in [0.05, 0.1) is 0 Å². The van der Waals surface area contributed by atoms with E-state index in [1.165, 1.54) is 56.1 Å². The lowest BCUT2D eigenvalue weighted by Gasteiger charge is -2.19. The van der Waals surface area contributed by atoms with Crippen LogP contribution in [0, 0.1) is 0 Å². The van der Waals surface area contributed by atoms with E-state index in [1.54, 1.807) is 6.92 Å². The van der Waals surface area contributed by atoms with Crippen molar-refractivity contribution >= 4 is 10.1 Å². The minimum absolute atomic E-state index is 0.386. The molecule has 150 valence electrons. The van der Waals surface area contributed by atoms with Gasteiger partial charge in [-0.3, -0.25) is 4.55 Å². The molecular formula is C21H36O4S. The number of aryl methyl sites for hydroxylation is 1. The Balaban J connectivity index is 2.87. The molecule has 0 saturated heterocycles. The predicted octanol–water partition coefficient (Wildman–Crippen LogP) is 5.59. The Bertz CT molecular complexity index is 610. The van der Waals surface area contributed by atoms with E-state index in [-0.39, 0.29) is 5.75 Å². The molecule has 0 amide bonds. The van der Waals surface area contributed by atoms with Gasteiger partial charge in [0, 0.05) is 0 Å². The molecule has 0 fully saturated rings. The fourth-order valence-electron chi connectivity index (χ4n) is 3.26. The van der Waals surface area contributed by atoms with Gasteiger partial charge in [-0.25, -0.2) is 0 Å². The van der Waals surface area contributed by atoms with Crippen LogP contribution in [0.3, 0.4) is 0 Å². The molecule has 0 heterocycles. The molecule has 5 heteroatoms. The Kier molecular flexibility index (Phi) is 10.9. The minimum atomic E-state index is -4.04. The molecule has 0 aromatic heterocycles. The fraction of sp³-hybridized carbons (Fsp3) is 0.714. The third-order valence-corrected chi connectivity index (χ3v) is 5.47. The molecule has 1 atom stereocenters. The van der Waals surface area contributed by atoms with Gasteiger partial charge in [0.1, 0.15) is 17.6 Å². The predicted molar refractivity (Wildman–Crippen MR) is 109 cm³/mol. The summed E-state index contributed by atoms with van der Waals surface area (Å²) in [5.41, 5.74) is 2.52. The molecule has 1 unspecified atom stereocenters. The summed E-state index contributed by atoms with van der Waals surface area (Å²) < 4.78 is 37.2. The van der Waals surface area contributed by atoms with Gasteiger partial charge in [-0.05, 0) is 49.8 Å². The first-order valence-corrected chi connectivity index (χ1v) is 11.7. The monoisotopic (exact) mass is 384 g/mol. The summed E-state index contributed by atoms with van der Waals surface area (Å²) >= 11 is 0. The number of benzene rings is 1. The molecule has 0 radical (unpaired) electrons. The first-order valence-electron chi connectivity index (χ1n) is 10.1. The van der Waals surface area contributed by atoms with E-state index in [0.29, 0.717) is 0 Å². The topological polar surface area (TPSA) is 63.6 Å². The summed E-state index contributed by atoms with van der Waals surface area (Å²) in [6.45, 7) is 6.10. The van der Waals surface area contributed by atoms with Gasteiger partial charge >= 0.3 is 0 Å². The van der Waals surface area contributed by atoms with Crippen LogP contribution in [0.5, 0.6) is 5.75 Å². The highest BCUT2D eigenvalue weighted by atomic mass is 32.2. The number of ether oxygens (including phenoxy) is 1. The maximum absolute atomic E-state index is 11.1. The summed E-state index contributed by atoms with van der Waals surface area (Å²) in [6, 6.07) is 6.08. The van der Waals surface area contributed by atoms with E-state index in [1.807, 2.05) is 12.1 Å². The van der Waals surface area contributed by atoms with Crippen LogP contribution in [-0.2, 0) is 23.0 Å². The fourth-order valence-corrected chi connectivity index (χ4v) is 3.92. The van der Waals surface area contributed by atoms with Crippen LogP contribution in [0.2, 0.25) is 0 Å². The SMILES string of the molecule is CCCCCCc1cccc(OC(C)CS(=O)(=O)O)c1CCCCCC. The molecule has 0 spiro atoms. The zero-order valence-electron chi connectivity index (χ0n) is 16.7. The molecule has 1 rings (SSSR count). The molecule has 0 saturated carbocycles. The summed E-state index contributed by atoms with van der Waals surface area (Å²) in [5, 5.41) is 0. The standard InChI is InChI=1S/C21H36O4S/c1-4-6-8-10-13-19-14-12-16-21(20(19)15-11-9-7-5-2)25-18(3)17-26(22,23)24/h12,14,16,18H,4-11,13,15,17H2,1-3H3,(H,22,23,24). The van der Waals surface area contributed by atoms with Gasteiger partial charge in [-0.2, -0.15) is 8.42 Å². The van der Waals surface area contributed by atoms with E-state index < -0.39 is 16.2 Å². The Morgan fingerprint density at radius 3 is 2.15 bits per heavy atom. The third-order valence-electron chi connectivity index (χ3n) is 4.58. The largest absolute Gasteiger partial charge is 0.489 e. The molecule has 26 heavy (non-hydrogen) atoms. The van der Waals surface area contributed by atoms with Crippen molar-refractivity contribution in [1.29, 1.82) is 0 Å². The Morgan fingerprint density at radius 2 is 1.58 bits per heavy atom.